The van der Waals surface area contributed by atoms with Crippen LogP contribution in [-0.2, 0) is 11.2 Å². The molecule has 0 aliphatic rings. The van der Waals surface area contributed by atoms with E-state index in [0.29, 0.717) is 16.6 Å². The third-order valence-corrected chi connectivity index (χ3v) is 4.15. The third kappa shape index (κ3) is 3.77. The lowest BCUT2D eigenvalue weighted by molar-refractivity contribution is -0.116. The van der Waals surface area contributed by atoms with Crippen molar-refractivity contribution in [3.05, 3.63) is 47.0 Å². The topological polar surface area (TPSA) is 103 Å². The predicted molar refractivity (Wildman–Crippen MR) is 93.1 cm³/mol. The molecule has 3 rings (SSSR count). The number of nitrogens with zero attached hydrogens (tertiary/aromatic N) is 5. The molecule has 1 N–H and O–H groups in total. The smallest absolute Gasteiger partial charge is 0.279 e. The molecule has 1 aromatic carbocycles. The van der Waals surface area contributed by atoms with Crippen molar-refractivity contribution in [1.29, 1.82) is 0 Å². The fourth-order valence-corrected chi connectivity index (χ4v) is 2.81. The number of carbonyl (C=O) groups is 2. The lowest BCUT2D eigenvalue weighted by Gasteiger charge is -2.04. The second-order valence-electron chi connectivity index (χ2n) is 5.62. The Morgan fingerprint density at radius 2 is 1.92 bits per heavy atom. The van der Waals surface area contributed by atoms with E-state index in [1.54, 1.807) is 11.6 Å². The Morgan fingerprint density at radius 3 is 2.60 bits per heavy atom. The van der Waals surface area contributed by atoms with E-state index in [9.17, 15) is 9.59 Å². The summed E-state index contributed by atoms with van der Waals surface area (Å²) >= 11 is 1.02. The standard InChI is InChI=1S/C16H16N6O2S/c1-9-4-6-12(7-5-9)22-11(3)14(19-21-22)15(24)18-16-17-13(20-25-16)8-10(2)23/h4-7H,8H2,1-3H3,(H,17,18,20,24). The van der Waals surface area contributed by atoms with Crippen LogP contribution in [0.4, 0.5) is 5.13 Å². The SMILES string of the molecule is CC(=O)Cc1nsc(NC(=O)c2nnn(-c3ccc(C)cc3)c2C)n1. The molecule has 0 radical (unpaired) electrons. The average molecular weight is 356 g/mol. The highest BCUT2D eigenvalue weighted by molar-refractivity contribution is 7.09. The van der Waals surface area contributed by atoms with Crippen molar-refractivity contribution in [2.45, 2.75) is 27.2 Å². The Labute approximate surface area is 148 Å². The molecule has 0 aliphatic heterocycles. The molecule has 0 fully saturated rings. The third-order valence-electron chi connectivity index (χ3n) is 3.48. The molecule has 0 aliphatic carbocycles. The van der Waals surface area contributed by atoms with Crippen LogP contribution < -0.4 is 5.32 Å². The normalized spacial score (nSPS) is 10.7. The maximum absolute atomic E-state index is 12.4. The van der Waals surface area contributed by atoms with E-state index in [2.05, 4.69) is 25.0 Å². The molecule has 1 amide bonds. The highest BCUT2D eigenvalue weighted by Crippen LogP contribution is 2.16. The summed E-state index contributed by atoms with van der Waals surface area (Å²) in [7, 11) is 0. The Hall–Kier alpha value is -2.94. The van der Waals surface area contributed by atoms with E-state index in [-0.39, 0.29) is 17.9 Å². The van der Waals surface area contributed by atoms with Gasteiger partial charge in [-0.3, -0.25) is 14.9 Å². The number of Topliss-reactive ketones (excluding diaryl/α,β-unsaturated/α-hetero) is 1. The highest BCUT2D eigenvalue weighted by atomic mass is 32.1. The summed E-state index contributed by atoms with van der Waals surface area (Å²) in [5, 5.41) is 11.0. The fourth-order valence-electron chi connectivity index (χ4n) is 2.23. The lowest BCUT2D eigenvalue weighted by Crippen LogP contribution is -2.14. The molecule has 0 spiro atoms. The minimum atomic E-state index is -0.415. The van der Waals surface area contributed by atoms with Crippen LogP contribution in [0.15, 0.2) is 24.3 Å². The molecule has 3 aromatic rings. The number of ketones is 1. The summed E-state index contributed by atoms with van der Waals surface area (Å²) in [5.41, 5.74) is 2.80. The summed E-state index contributed by atoms with van der Waals surface area (Å²) in [6.07, 6.45) is 0.148. The molecule has 8 nitrogen and oxygen atoms in total. The zero-order chi connectivity index (χ0) is 18.0. The van der Waals surface area contributed by atoms with Crippen LogP contribution in [-0.4, -0.2) is 36.0 Å². The van der Waals surface area contributed by atoms with Gasteiger partial charge in [0.25, 0.3) is 5.91 Å². The first-order chi connectivity index (χ1) is 11.9. The van der Waals surface area contributed by atoms with Gasteiger partial charge in [-0.2, -0.15) is 4.37 Å². The van der Waals surface area contributed by atoms with Crippen molar-refractivity contribution >= 4 is 28.4 Å². The summed E-state index contributed by atoms with van der Waals surface area (Å²) in [6, 6.07) is 7.76. The van der Waals surface area contributed by atoms with Gasteiger partial charge < -0.3 is 0 Å². The molecule has 0 unspecified atom stereocenters. The number of amides is 1. The zero-order valence-corrected chi connectivity index (χ0v) is 14.8. The number of nitrogens with one attached hydrogen (secondary N) is 1. The van der Waals surface area contributed by atoms with Gasteiger partial charge >= 0.3 is 0 Å². The van der Waals surface area contributed by atoms with Crippen molar-refractivity contribution in [2.24, 2.45) is 0 Å². The van der Waals surface area contributed by atoms with Crippen LogP contribution in [0.3, 0.4) is 0 Å². The first-order valence-electron chi connectivity index (χ1n) is 7.57. The lowest BCUT2D eigenvalue weighted by atomic mass is 10.2. The molecule has 25 heavy (non-hydrogen) atoms. The first-order valence-corrected chi connectivity index (χ1v) is 8.34. The van der Waals surface area contributed by atoms with Gasteiger partial charge in [0.15, 0.2) is 11.5 Å². The van der Waals surface area contributed by atoms with E-state index < -0.39 is 5.91 Å². The Morgan fingerprint density at radius 1 is 1.20 bits per heavy atom. The summed E-state index contributed by atoms with van der Waals surface area (Å²) in [4.78, 5) is 27.6. The van der Waals surface area contributed by atoms with Gasteiger partial charge in [0, 0.05) is 11.5 Å². The summed E-state index contributed by atoms with van der Waals surface area (Å²) < 4.78 is 5.65. The van der Waals surface area contributed by atoms with Crippen molar-refractivity contribution in [3.63, 3.8) is 0 Å². The number of rotatable bonds is 5. The molecule has 0 saturated carbocycles. The molecular weight excluding hydrogens is 340 g/mol. The molecule has 0 saturated heterocycles. The molecule has 0 bridgehead atoms. The van der Waals surface area contributed by atoms with E-state index >= 15 is 0 Å². The van der Waals surface area contributed by atoms with Crippen LogP contribution in [0.5, 0.6) is 0 Å². The number of carbonyl (C=O) groups excluding carboxylic acids is 2. The molecule has 2 aromatic heterocycles. The van der Waals surface area contributed by atoms with Gasteiger partial charge in [0.1, 0.15) is 5.78 Å². The largest absolute Gasteiger partial charge is 0.300 e. The van der Waals surface area contributed by atoms with Gasteiger partial charge in [0.2, 0.25) is 5.13 Å². The Bertz CT molecular complexity index is 929. The molecule has 9 heteroatoms. The summed E-state index contributed by atoms with van der Waals surface area (Å²) in [6.45, 7) is 5.24. The van der Waals surface area contributed by atoms with Crippen molar-refractivity contribution in [1.82, 2.24) is 24.4 Å². The van der Waals surface area contributed by atoms with Crippen LogP contribution in [0, 0.1) is 13.8 Å². The maximum atomic E-state index is 12.4. The number of hydrogen-bond donors (Lipinski definition) is 1. The fraction of sp³-hybridized carbons (Fsp3) is 0.250. The minimum absolute atomic E-state index is 0.0347. The van der Waals surface area contributed by atoms with Gasteiger partial charge in [0.05, 0.1) is 17.8 Å². The van der Waals surface area contributed by atoms with E-state index in [1.165, 1.54) is 6.92 Å². The average Bonchev–Trinajstić information content (AvgIpc) is 3.14. The highest BCUT2D eigenvalue weighted by Gasteiger charge is 2.19. The van der Waals surface area contributed by atoms with Gasteiger partial charge in [-0.05, 0) is 32.9 Å². The second kappa shape index (κ2) is 6.89. The van der Waals surface area contributed by atoms with Crippen LogP contribution in [0.1, 0.15) is 34.5 Å². The molecular formula is C16H16N6O2S. The van der Waals surface area contributed by atoms with Crippen LogP contribution >= 0.6 is 11.5 Å². The van der Waals surface area contributed by atoms with Crippen molar-refractivity contribution in [2.75, 3.05) is 5.32 Å². The number of aryl methyl sites for hydroxylation is 1. The molecule has 0 atom stereocenters. The molecule has 2 heterocycles. The van der Waals surface area contributed by atoms with E-state index in [1.807, 2.05) is 31.2 Å². The Balaban J connectivity index is 1.78. The first kappa shape index (κ1) is 16.9. The van der Waals surface area contributed by atoms with Crippen molar-refractivity contribution in [3.8, 4) is 5.69 Å². The molecule has 128 valence electrons. The zero-order valence-electron chi connectivity index (χ0n) is 14.0. The van der Waals surface area contributed by atoms with Crippen LogP contribution in [0.25, 0.3) is 5.69 Å². The number of aromatic nitrogens is 5. The van der Waals surface area contributed by atoms with E-state index in [4.69, 9.17) is 0 Å². The van der Waals surface area contributed by atoms with Gasteiger partial charge in [-0.25, -0.2) is 9.67 Å². The number of anilines is 1. The van der Waals surface area contributed by atoms with Crippen molar-refractivity contribution < 1.29 is 9.59 Å². The van der Waals surface area contributed by atoms with Crippen LogP contribution in [0.2, 0.25) is 0 Å². The quantitative estimate of drug-likeness (QED) is 0.751. The second-order valence-corrected chi connectivity index (χ2v) is 6.37. The van der Waals surface area contributed by atoms with Gasteiger partial charge in [-0.15, -0.1) is 5.10 Å². The maximum Gasteiger partial charge on any atom is 0.279 e. The monoisotopic (exact) mass is 356 g/mol. The summed E-state index contributed by atoms with van der Waals surface area (Å²) in [5.74, 6) is -0.0539. The van der Waals surface area contributed by atoms with Gasteiger partial charge in [-0.1, -0.05) is 22.9 Å². The van der Waals surface area contributed by atoms with E-state index in [0.717, 1.165) is 22.8 Å². The predicted octanol–water partition coefficient (Wildman–Crippen LogP) is 2.12. The Kier molecular flexibility index (Phi) is 4.66. The number of benzene rings is 1. The number of hydrogen-bond acceptors (Lipinski definition) is 7. The minimum Gasteiger partial charge on any atom is -0.300 e.